The average molecular weight is 547 g/mol. The molecule has 1 unspecified atom stereocenters. The van der Waals surface area contributed by atoms with Crippen LogP contribution in [-0.4, -0.2) is 43.0 Å². The Morgan fingerprint density at radius 3 is 2.11 bits per heavy atom. The van der Waals surface area contributed by atoms with E-state index in [9.17, 15) is 41.0 Å². The number of aliphatic carboxylic acids is 1. The highest BCUT2D eigenvalue weighted by Crippen LogP contribution is 2.36. The minimum Gasteiger partial charge on any atom is -0.480 e. The summed E-state index contributed by atoms with van der Waals surface area (Å²) >= 11 is 0.986. The van der Waals surface area contributed by atoms with Gasteiger partial charge in [0.1, 0.15) is 10.4 Å². The van der Waals surface area contributed by atoms with E-state index in [0.717, 1.165) is 46.9 Å². The SMILES string of the molecule is CC(C)(Sc1ccc(C(=O)OC(c2cn(Cc3ccc(C(F)(F)F)cc3)nn2)C(F)(F)F)cc1)C(=O)O. The molecule has 0 aliphatic rings. The molecule has 1 atom stereocenters. The first kappa shape index (κ1) is 28.0. The van der Waals surface area contributed by atoms with Crippen LogP contribution < -0.4 is 0 Å². The molecule has 14 heteroatoms. The van der Waals surface area contributed by atoms with Crippen molar-refractivity contribution in [2.45, 2.75) is 48.5 Å². The number of ether oxygens (including phenoxy) is 1. The number of halogens is 6. The summed E-state index contributed by atoms with van der Waals surface area (Å²) in [6.07, 6.45) is -11.4. The Bertz CT molecular complexity index is 1260. The molecule has 7 nitrogen and oxygen atoms in total. The predicted molar refractivity (Wildman–Crippen MR) is 119 cm³/mol. The highest BCUT2D eigenvalue weighted by atomic mass is 32.2. The molecule has 2 aromatic carbocycles. The van der Waals surface area contributed by atoms with Crippen LogP contribution in [0.4, 0.5) is 26.3 Å². The predicted octanol–water partition coefficient (Wildman–Crippen LogP) is 5.76. The second kappa shape index (κ2) is 10.4. The fourth-order valence-corrected chi connectivity index (χ4v) is 3.91. The molecule has 1 heterocycles. The lowest BCUT2D eigenvalue weighted by molar-refractivity contribution is -0.208. The van der Waals surface area contributed by atoms with Gasteiger partial charge in [-0.1, -0.05) is 17.3 Å². The molecule has 0 aliphatic heterocycles. The molecular weight excluding hydrogens is 528 g/mol. The molecule has 0 saturated carbocycles. The van der Waals surface area contributed by atoms with E-state index in [4.69, 9.17) is 0 Å². The Kier molecular flexibility index (Phi) is 7.91. The third-order valence-corrected chi connectivity index (χ3v) is 6.14. The number of carboxylic acids is 1. The van der Waals surface area contributed by atoms with Gasteiger partial charge in [0.05, 0.1) is 23.9 Å². The number of benzene rings is 2. The third-order valence-electron chi connectivity index (χ3n) is 4.95. The van der Waals surface area contributed by atoms with Crippen LogP contribution >= 0.6 is 11.8 Å². The van der Waals surface area contributed by atoms with Crippen molar-refractivity contribution in [3.8, 4) is 0 Å². The number of carbonyl (C=O) groups is 2. The smallest absolute Gasteiger partial charge is 0.431 e. The van der Waals surface area contributed by atoms with E-state index in [1.165, 1.54) is 38.1 Å². The first-order chi connectivity index (χ1) is 17.1. The summed E-state index contributed by atoms with van der Waals surface area (Å²) in [6.45, 7) is 2.77. The van der Waals surface area contributed by atoms with Crippen molar-refractivity contribution in [1.29, 1.82) is 0 Å². The van der Waals surface area contributed by atoms with Crippen LogP contribution in [0.25, 0.3) is 0 Å². The van der Waals surface area contributed by atoms with Crippen LogP contribution in [-0.2, 0) is 22.3 Å². The van der Waals surface area contributed by atoms with Crippen molar-refractivity contribution in [1.82, 2.24) is 15.0 Å². The minimum absolute atomic E-state index is 0.171. The molecule has 0 aliphatic carbocycles. The van der Waals surface area contributed by atoms with Gasteiger partial charge in [0.25, 0.3) is 0 Å². The van der Waals surface area contributed by atoms with Gasteiger partial charge >= 0.3 is 24.3 Å². The molecule has 198 valence electrons. The molecule has 1 aromatic heterocycles. The van der Waals surface area contributed by atoms with Crippen LogP contribution in [0.1, 0.15) is 47.1 Å². The Balaban J connectivity index is 1.72. The van der Waals surface area contributed by atoms with Crippen LogP contribution in [0, 0.1) is 0 Å². The first-order valence-corrected chi connectivity index (χ1v) is 11.2. The van der Waals surface area contributed by atoms with Crippen molar-refractivity contribution in [2.24, 2.45) is 0 Å². The number of aromatic nitrogens is 3. The maximum absolute atomic E-state index is 13.7. The normalized spacial score (nSPS) is 13.3. The lowest BCUT2D eigenvalue weighted by Gasteiger charge is -2.19. The first-order valence-electron chi connectivity index (χ1n) is 10.4. The topological polar surface area (TPSA) is 94.3 Å². The Labute approximate surface area is 210 Å². The van der Waals surface area contributed by atoms with Gasteiger partial charge in [-0.05, 0) is 55.8 Å². The van der Waals surface area contributed by atoms with Crippen molar-refractivity contribution in [3.63, 3.8) is 0 Å². The van der Waals surface area contributed by atoms with Gasteiger partial charge in [-0.25, -0.2) is 9.48 Å². The standard InChI is InChI=1S/C23H19F6N3O4S/c1-21(2,20(34)35)37-16-9-5-14(6-10-16)19(33)36-18(23(27,28)29)17-12-32(31-30-17)11-13-3-7-15(8-4-13)22(24,25)26/h3-10,12,18H,11H2,1-2H3,(H,34,35). The van der Waals surface area contributed by atoms with Gasteiger partial charge < -0.3 is 9.84 Å². The highest BCUT2D eigenvalue weighted by molar-refractivity contribution is 8.01. The molecule has 0 amide bonds. The summed E-state index contributed by atoms with van der Waals surface area (Å²) in [5, 5.41) is 16.2. The monoisotopic (exact) mass is 547 g/mol. The zero-order valence-electron chi connectivity index (χ0n) is 19.2. The molecule has 3 rings (SSSR count). The number of hydrogen-bond donors (Lipinski definition) is 1. The van der Waals surface area contributed by atoms with Gasteiger partial charge in [-0.3, -0.25) is 4.79 Å². The second-order valence-electron chi connectivity index (χ2n) is 8.30. The van der Waals surface area contributed by atoms with Crippen molar-refractivity contribution >= 4 is 23.7 Å². The summed E-state index contributed by atoms with van der Waals surface area (Å²) in [7, 11) is 0. The fraction of sp³-hybridized carbons (Fsp3) is 0.304. The lowest BCUT2D eigenvalue weighted by atomic mass is 10.1. The van der Waals surface area contributed by atoms with Crippen LogP contribution in [0.5, 0.6) is 0 Å². The number of carbonyl (C=O) groups excluding carboxylic acids is 1. The van der Waals surface area contributed by atoms with E-state index in [1.54, 1.807) is 0 Å². The summed E-state index contributed by atoms with van der Waals surface area (Å²) in [5.41, 5.74) is -1.47. The Morgan fingerprint density at radius 2 is 1.59 bits per heavy atom. The van der Waals surface area contributed by atoms with Crippen molar-refractivity contribution in [2.75, 3.05) is 0 Å². The van der Waals surface area contributed by atoms with Gasteiger partial charge in [-0.2, -0.15) is 26.3 Å². The number of alkyl halides is 6. The summed E-state index contributed by atoms with van der Waals surface area (Å²) in [4.78, 5) is 24.1. The molecule has 0 fully saturated rings. The van der Waals surface area contributed by atoms with E-state index in [2.05, 4.69) is 15.0 Å². The summed E-state index contributed by atoms with van der Waals surface area (Å²) in [6, 6.07) is 9.16. The highest BCUT2D eigenvalue weighted by Gasteiger charge is 2.46. The van der Waals surface area contributed by atoms with Crippen molar-refractivity contribution < 1.29 is 45.8 Å². The third kappa shape index (κ3) is 7.24. The zero-order chi connectivity index (χ0) is 27.6. The Hall–Kier alpha value is -3.55. The van der Waals surface area contributed by atoms with E-state index in [-0.39, 0.29) is 12.1 Å². The zero-order valence-corrected chi connectivity index (χ0v) is 20.0. The van der Waals surface area contributed by atoms with Crippen molar-refractivity contribution in [3.05, 3.63) is 77.1 Å². The fourth-order valence-electron chi connectivity index (χ4n) is 2.96. The number of esters is 1. The molecule has 37 heavy (non-hydrogen) atoms. The maximum atomic E-state index is 13.7. The van der Waals surface area contributed by atoms with Crippen LogP contribution in [0.2, 0.25) is 0 Å². The van der Waals surface area contributed by atoms with E-state index in [1.807, 2.05) is 0 Å². The summed E-state index contributed by atoms with van der Waals surface area (Å²) < 4.78 is 83.6. The number of thioether (sulfide) groups is 1. The molecule has 0 saturated heterocycles. The largest absolute Gasteiger partial charge is 0.480 e. The molecule has 0 radical (unpaired) electrons. The van der Waals surface area contributed by atoms with Gasteiger partial charge in [0, 0.05) is 4.90 Å². The van der Waals surface area contributed by atoms with E-state index >= 15 is 0 Å². The summed E-state index contributed by atoms with van der Waals surface area (Å²) in [5.74, 6) is -2.37. The number of nitrogens with zero attached hydrogens (tertiary/aromatic N) is 3. The van der Waals surface area contributed by atoms with Gasteiger partial charge in [-0.15, -0.1) is 16.9 Å². The quantitative estimate of drug-likeness (QED) is 0.218. The van der Waals surface area contributed by atoms with E-state index < -0.39 is 46.4 Å². The van der Waals surface area contributed by atoms with Crippen LogP contribution in [0.15, 0.2) is 59.6 Å². The minimum atomic E-state index is -5.04. The molecule has 3 aromatic rings. The average Bonchev–Trinajstić information content (AvgIpc) is 3.24. The molecular formula is C23H19F6N3O4S. The van der Waals surface area contributed by atoms with Crippen LogP contribution in [0.3, 0.4) is 0 Å². The number of hydrogen-bond acceptors (Lipinski definition) is 6. The Morgan fingerprint density at radius 1 is 1.00 bits per heavy atom. The molecule has 0 spiro atoms. The maximum Gasteiger partial charge on any atom is 0.431 e. The van der Waals surface area contributed by atoms with E-state index in [0.29, 0.717) is 10.5 Å². The number of carboxylic acid groups (broad SMARTS) is 1. The van der Waals surface area contributed by atoms with Gasteiger partial charge in [0.2, 0.25) is 6.10 Å². The second-order valence-corrected chi connectivity index (χ2v) is 10.0. The lowest BCUT2D eigenvalue weighted by Crippen LogP contribution is -2.27. The molecule has 0 bridgehead atoms. The van der Waals surface area contributed by atoms with Gasteiger partial charge in [0.15, 0.2) is 0 Å². The molecule has 1 N–H and O–H groups in total. The number of rotatable bonds is 8.